The summed E-state index contributed by atoms with van der Waals surface area (Å²) >= 11 is 0. The molecular weight excluding hydrogens is 237 g/mol. The van der Waals surface area contributed by atoms with Gasteiger partial charge in [0.2, 0.25) is 0 Å². The molecule has 1 aromatic rings. The molecule has 0 aliphatic heterocycles. The first-order chi connectivity index (χ1) is 6.66. The third kappa shape index (κ3) is 1.99. The molecule has 8 heteroatoms. The van der Waals surface area contributed by atoms with Crippen LogP contribution in [0.15, 0.2) is 23.1 Å². The minimum absolute atomic E-state index is 0.480. The second-order valence-electron chi connectivity index (χ2n) is 2.60. The number of alkyl halides is 3. The van der Waals surface area contributed by atoms with Crippen LogP contribution in [-0.4, -0.2) is 24.1 Å². The molecule has 0 heterocycles. The van der Waals surface area contributed by atoms with Gasteiger partial charge < -0.3 is 10.2 Å². The standard InChI is InChI=1S/C7H5F3O4S/c8-7(9,10)15(13,14)6-2-1-4(11)3-5(6)12/h1-3,11-12H. The van der Waals surface area contributed by atoms with Crippen LogP contribution in [0.1, 0.15) is 0 Å². The first kappa shape index (κ1) is 11.6. The smallest absolute Gasteiger partial charge is 0.502 e. The molecule has 0 bridgehead atoms. The van der Waals surface area contributed by atoms with Gasteiger partial charge >= 0.3 is 5.51 Å². The highest BCUT2D eigenvalue weighted by atomic mass is 32.2. The van der Waals surface area contributed by atoms with Gasteiger partial charge in [-0.05, 0) is 12.1 Å². The molecule has 0 unspecified atom stereocenters. The molecule has 0 aliphatic rings. The lowest BCUT2D eigenvalue weighted by molar-refractivity contribution is -0.0437. The van der Waals surface area contributed by atoms with Crippen LogP contribution in [0.4, 0.5) is 13.2 Å². The van der Waals surface area contributed by atoms with Gasteiger partial charge in [0.1, 0.15) is 16.4 Å². The van der Waals surface area contributed by atoms with Crippen molar-refractivity contribution in [3.05, 3.63) is 18.2 Å². The van der Waals surface area contributed by atoms with Crippen LogP contribution in [-0.2, 0) is 9.84 Å². The maximum atomic E-state index is 12.0. The molecule has 0 fully saturated rings. The fourth-order valence-corrected chi connectivity index (χ4v) is 1.69. The molecule has 2 N–H and O–H groups in total. The molecule has 0 saturated carbocycles. The van der Waals surface area contributed by atoms with E-state index >= 15 is 0 Å². The molecule has 0 spiro atoms. The molecular formula is C7H5F3O4S. The van der Waals surface area contributed by atoms with E-state index in [0.717, 1.165) is 6.07 Å². The summed E-state index contributed by atoms with van der Waals surface area (Å²) in [5, 5.41) is 17.7. The summed E-state index contributed by atoms with van der Waals surface area (Å²) < 4.78 is 57.8. The Kier molecular flexibility index (Phi) is 2.56. The van der Waals surface area contributed by atoms with Crippen molar-refractivity contribution in [3.63, 3.8) is 0 Å². The molecule has 0 aliphatic carbocycles. The number of halogens is 3. The molecule has 0 saturated heterocycles. The summed E-state index contributed by atoms with van der Waals surface area (Å²) in [5.41, 5.74) is -5.48. The number of rotatable bonds is 1. The Bertz CT molecular complexity index is 477. The summed E-state index contributed by atoms with van der Waals surface area (Å²) in [6, 6.07) is 1.73. The predicted octanol–water partition coefficient (Wildman–Crippen LogP) is 1.39. The van der Waals surface area contributed by atoms with E-state index in [9.17, 15) is 21.6 Å². The zero-order chi connectivity index (χ0) is 11.9. The van der Waals surface area contributed by atoms with Gasteiger partial charge in [0, 0.05) is 6.07 Å². The first-order valence-corrected chi connectivity index (χ1v) is 4.98. The second kappa shape index (κ2) is 3.30. The zero-order valence-corrected chi connectivity index (χ0v) is 7.80. The monoisotopic (exact) mass is 242 g/mol. The third-order valence-corrected chi connectivity index (χ3v) is 3.07. The fourth-order valence-electron chi connectivity index (χ4n) is 0.858. The van der Waals surface area contributed by atoms with Crippen molar-refractivity contribution in [1.29, 1.82) is 0 Å². The number of sulfone groups is 1. The molecule has 4 nitrogen and oxygen atoms in total. The predicted molar refractivity (Wildman–Crippen MR) is 43.0 cm³/mol. The Hall–Kier alpha value is -1.44. The zero-order valence-electron chi connectivity index (χ0n) is 6.99. The Morgan fingerprint density at radius 3 is 2.07 bits per heavy atom. The molecule has 0 aromatic heterocycles. The van der Waals surface area contributed by atoms with Gasteiger partial charge in [-0.2, -0.15) is 13.2 Å². The summed E-state index contributed by atoms with van der Waals surface area (Å²) in [5.74, 6) is -1.68. The number of hydrogen-bond donors (Lipinski definition) is 2. The van der Waals surface area contributed by atoms with Gasteiger partial charge in [0.25, 0.3) is 9.84 Å². The topological polar surface area (TPSA) is 74.6 Å². The minimum atomic E-state index is -5.58. The first-order valence-electron chi connectivity index (χ1n) is 3.49. The van der Waals surface area contributed by atoms with Crippen LogP contribution in [0.25, 0.3) is 0 Å². The number of hydrogen-bond acceptors (Lipinski definition) is 4. The van der Waals surface area contributed by atoms with Crippen LogP contribution < -0.4 is 0 Å². The molecule has 15 heavy (non-hydrogen) atoms. The molecule has 0 amide bonds. The van der Waals surface area contributed by atoms with E-state index in [0.29, 0.717) is 12.1 Å². The van der Waals surface area contributed by atoms with E-state index in [1.165, 1.54) is 0 Å². The summed E-state index contributed by atoms with van der Waals surface area (Å²) in [4.78, 5) is -1.28. The highest BCUT2D eigenvalue weighted by Gasteiger charge is 2.48. The van der Waals surface area contributed by atoms with Crippen molar-refractivity contribution in [2.75, 3.05) is 0 Å². The lowest BCUT2D eigenvalue weighted by Crippen LogP contribution is -2.23. The number of phenolic OH excluding ortho intramolecular Hbond substituents is 2. The van der Waals surface area contributed by atoms with E-state index in [-0.39, 0.29) is 0 Å². The molecule has 84 valence electrons. The Morgan fingerprint density at radius 2 is 1.67 bits per heavy atom. The van der Waals surface area contributed by atoms with E-state index in [1.54, 1.807) is 0 Å². The van der Waals surface area contributed by atoms with Crippen molar-refractivity contribution in [2.24, 2.45) is 0 Å². The largest absolute Gasteiger partial charge is 0.508 e. The third-order valence-electron chi connectivity index (χ3n) is 1.54. The van der Waals surface area contributed by atoms with Crippen LogP contribution in [0.2, 0.25) is 0 Å². The summed E-state index contributed by atoms with van der Waals surface area (Å²) in [7, 11) is -5.58. The normalized spacial score (nSPS) is 12.7. The number of benzene rings is 1. The van der Waals surface area contributed by atoms with Gasteiger partial charge in [0.15, 0.2) is 0 Å². The van der Waals surface area contributed by atoms with Gasteiger partial charge in [-0.1, -0.05) is 0 Å². The molecule has 0 atom stereocenters. The molecule has 1 aromatic carbocycles. The highest BCUT2D eigenvalue weighted by molar-refractivity contribution is 7.92. The lowest BCUT2D eigenvalue weighted by Gasteiger charge is -2.09. The van der Waals surface area contributed by atoms with Crippen molar-refractivity contribution < 1.29 is 31.8 Å². The van der Waals surface area contributed by atoms with Crippen LogP contribution >= 0.6 is 0 Å². The summed E-state index contributed by atoms with van der Waals surface area (Å²) in [6.45, 7) is 0. The van der Waals surface area contributed by atoms with E-state index in [2.05, 4.69) is 0 Å². The average Bonchev–Trinajstić information content (AvgIpc) is 2.00. The number of phenols is 2. The minimum Gasteiger partial charge on any atom is -0.508 e. The van der Waals surface area contributed by atoms with Gasteiger partial charge in [0.05, 0.1) is 0 Å². The second-order valence-corrected chi connectivity index (χ2v) is 4.51. The van der Waals surface area contributed by atoms with Gasteiger partial charge in [-0.3, -0.25) is 0 Å². The molecule has 1 rings (SSSR count). The van der Waals surface area contributed by atoms with E-state index < -0.39 is 31.7 Å². The Morgan fingerprint density at radius 1 is 1.13 bits per heavy atom. The molecule has 0 radical (unpaired) electrons. The van der Waals surface area contributed by atoms with Crippen molar-refractivity contribution in [3.8, 4) is 11.5 Å². The van der Waals surface area contributed by atoms with Crippen LogP contribution in [0, 0.1) is 0 Å². The van der Waals surface area contributed by atoms with E-state index in [4.69, 9.17) is 10.2 Å². The van der Waals surface area contributed by atoms with Crippen molar-refractivity contribution >= 4 is 9.84 Å². The highest BCUT2D eigenvalue weighted by Crippen LogP contribution is 2.36. The van der Waals surface area contributed by atoms with Gasteiger partial charge in [-0.15, -0.1) is 0 Å². The number of aromatic hydroxyl groups is 2. The maximum Gasteiger partial charge on any atom is 0.502 e. The Balaban J connectivity index is 3.42. The van der Waals surface area contributed by atoms with Gasteiger partial charge in [-0.25, -0.2) is 8.42 Å². The quantitative estimate of drug-likeness (QED) is 0.780. The SMILES string of the molecule is O=S(=O)(c1ccc(O)cc1O)C(F)(F)F. The van der Waals surface area contributed by atoms with Crippen molar-refractivity contribution in [1.82, 2.24) is 0 Å². The average molecular weight is 242 g/mol. The fraction of sp³-hybridized carbons (Fsp3) is 0.143. The van der Waals surface area contributed by atoms with Crippen LogP contribution in [0.5, 0.6) is 11.5 Å². The summed E-state index contributed by atoms with van der Waals surface area (Å²) in [6.07, 6.45) is 0. The maximum absolute atomic E-state index is 12.0. The van der Waals surface area contributed by atoms with Crippen molar-refractivity contribution in [2.45, 2.75) is 10.4 Å². The van der Waals surface area contributed by atoms with E-state index in [1.807, 2.05) is 0 Å². The lowest BCUT2D eigenvalue weighted by atomic mass is 10.3. The Labute approximate surface area is 82.5 Å². The van der Waals surface area contributed by atoms with Crippen LogP contribution in [0.3, 0.4) is 0 Å².